The van der Waals surface area contributed by atoms with E-state index in [1.165, 1.54) is 38.5 Å². The monoisotopic (exact) mass is 349 g/mol. The molecular weight excluding hydrogens is 314 g/mol. The second-order valence-electron chi connectivity index (χ2n) is 9.40. The van der Waals surface area contributed by atoms with E-state index >= 15 is 0 Å². The highest BCUT2D eigenvalue weighted by Crippen LogP contribution is 2.52. The lowest BCUT2D eigenvalue weighted by molar-refractivity contribution is -0.151. The third kappa shape index (κ3) is 3.66. The fourth-order valence-corrected chi connectivity index (χ4v) is 5.55. The number of rotatable bonds is 3. The van der Waals surface area contributed by atoms with Crippen molar-refractivity contribution in [2.24, 2.45) is 11.8 Å². The van der Waals surface area contributed by atoms with Gasteiger partial charge in [-0.15, -0.1) is 0 Å². The SMILES string of the molecule is C[C@@H](CO)[C@@H]1CCC[C@]12CCC[C@@H]1CC=C(C(=O)OC(C)(C)C)CN12. The van der Waals surface area contributed by atoms with Crippen molar-refractivity contribution in [2.45, 2.75) is 89.8 Å². The van der Waals surface area contributed by atoms with Crippen LogP contribution in [0.3, 0.4) is 0 Å². The zero-order valence-electron chi connectivity index (χ0n) is 16.4. The molecule has 2 heterocycles. The molecule has 2 fully saturated rings. The molecule has 0 aromatic rings. The van der Waals surface area contributed by atoms with Gasteiger partial charge in [0, 0.05) is 30.3 Å². The largest absolute Gasteiger partial charge is 0.457 e. The molecule has 4 heteroatoms. The summed E-state index contributed by atoms with van der Waals surface area (Å²) in [4.78, 5) is 15.2. The Morgan fingerprint density at radius 1 is 1.36 bits per heavy atom. The van der Waals surface area contributed by atoms with Gasteiger partial charge in [-0.2, -0.15) is 0 Å². The summed E-state index contributed by atoms with van der Waals surface area (Å²) in [6, 6.07) is 0.548. The Bertz CT molecular complexity index is 536. The third-order valence-electron chi connectivity index (χ3n) is 6.59. The number of carbonyl (C=O) groups excluding carboxylic acids is 1. The number of aliphatic hydroxyl groups excluding tert-OH is 1. The van der Waals surface area contributed by atoms with Gasteiger partial charge in [0.25, 0.3) is 0 Å². The highest BCUT2D eigenvalue weighted by Gasteiger charge is 2.53. The molecule has 0 aromatic carbocycles. The number of aliphatic hydroxyl groups is 1. The molecule has 3 rings (SSSR count). The van der Waals surface area contributed by atoms with Crippen molar-refractivity contribution in [3.05, 3.63) is 11.6 Å². The molecule has 3 aliphatic rings. The zero-order chi connectivity index (χ0) is 18.2. The summed E-state index contributed by atoms with van der Waals surface area (Å²) in [7, 11) is 0. The van der Waals surface area contributed by atoms with Crippen LogP contribution in [0.1, 0.15) is 72.6 Å². The molecule has 25 heavy (non-hydrogen) atoms. The van der Waals surface area contributed by atoms with Crippen LogP contribution in [0.15, 0.2) is 11.6 Å². The lowest BCUT2D eigenvalue weighted by atomic mass is 9.70. The van der Waals surface area contributed by atoms with Gasteiger partial charge in [0.05, 0.1) is 0 Å². The topological polar surface area (TPSA) is 49.8 Å². The van der Waals surface area contributed by atoms with Gasteiger partial charge < -0.3 is 9.84 Å². The third-order valence-corrected chi connectivity index (χ3v) is 6.59. The average Bonchev–Trinajstić information content (AvgIpc) is 2.97. The molecule has 1 saturated carbocycles. The van der Waals surface area contributed by atoms with Gasteiger partial charge in [0.1, 0.15) is 5.60 Å². The molecule has 0 unspecified atom stereocenters. The number of fused-ring (bicyclic) bond motifs is 2. The van der Waals surface area contributed by atoms with E-state index in [-0.39, 0.29) is 18.1 Å². The lowest BCUT2D eigenvalue weighted by Gasteiger charge is -2.55. The van der Waals surface area contributed by atoms with Crippen LogP contribution < -0.4 is 0 Å². The average molecular weight is 350 g/mol. The summed E-state index contributed by atoms with van der Waals surface area (Å²) in [5.74, 6) is 0.715. The first-order valence-corrected chi connectivity index (χ1v) is 10.1. The van der Waals surface area contributed by atoms with Crippen LogP contribution in [0, 0.1) is 11.8 Å². The second kappa shape index (κ2) is 7.03. The van der Waals surface area contributed by atoms with Crippen molar-refractivity contribution < 1.29 is 14.6 Å². The van der Waals surface area contributed by atoms with Crippen LogP contribution in [-0.2, 0) is 9.53 Å². The summed E-state index contributed by atoms with van der Waals surface area (Å²) in [5.41, 5.74) is 0.553. The fraction of sp³-hybridized carbons (Fsp3) is 0.857. The van der Waals surface area contributed by atoms with Crippen molar-refractivity contribution in [1.82, 2.24) is 4.90 Å². The van der Waals surface area contributed by atoms with Gasteiger partial charge in [-0.05, 0) is 64.7 Å². The highest BCUT2D eigenvalue weighted by atomic mass is 16.6. The summed E-state index contributed by atoms with van der Waals surface area (Å²) >= 11 is 0. The fourth-order valence-electron chi connectivity index (χ4n) is 5.55. The molecule has 0 bridgehead atoms. The van der Waals surface area contributed by atoms with E-state index < -0.39 is 5.60 Å². The van der Waals surface area contributed by atoms with Crippen molar-refractivity contribution in [3.8, 4) is 0 Å². The van der Waals surface area contributed by atoms with Gasteiger partial charge in [-0.3, -0.25) is 4.90 Å². The number of hydrogen-bond donors (Lipinski definition) is 1. The van der Waals surface area contributed by atoms with Crippen molar-refractivity contribution >= 4 is 5.97 Å². The maximum atomic E-state index is 12.6. The smallest absolute Gasteiger partial charge is 0.335 e. The second-order valence-corrected chi connectivity index (χ2v) is 9.40. The Balaban J connectivity index is 1.83. The van der Waals surface area contributed by atoms with Gasteiger partial charge in [0.15, 0.2) is 0 Å². The van der Waals surface area contributed by atoms with Gasteiger partial charge in [-0.1, -0.05) is 25.8 Å². The number of ether oxygens (including phenoxy) is 1. The van der Waals surface area contributed by atoms with E-state index in [1.54, 1.807) is 0 Å². The summed E-state index contributed by atoms with van der Waals surface area (Å²) in [6.07, 6.45) is 10.4. The molecule has 0 amide bonds. The Kier molecular flexibility index (Phi) is 5.32. The standard InChI is InChI=1S/C21H35NO3/c1-15(14-23)18-8-6-12-21(18)11-5-7-17-10-9-16(13-22(17)21)19(24)25-20(2,3)4/h9,15,17-18,23H,5-8,10-14H2,1-4H3/t15-,17+,18-,21+/m0/s1. The number of hydrogen-bond acceptors (Lipinski definition) is 4. The van der Waals surface area contributed by atoms with E-state index in [9.17, 15) is 9.90 Å². The molecule has 4 nitrogen and oxygen atoms in total. The first-order valence-electron chi connectivity index (χ1n) is 10.1. The number of carbonyl (C=O) groups is 1. The van der Waals surface area contributed by atoms with Crippen LogP contribution in [0.25, 0.3) is 0 Å². The van der Waals surface area contributed by atoms with Gasteiger partial charge >= 0.3 is 5.97 Å². The molecule has 1 N–H and O–H groups in total. The summed E-state index contributed by atoms with van der Waals surface area (Å²) in [6.45, 7) is 8.95. The van der Waals surface area contributed by atoms with Gasteiger partial charge in [-0.25, -0.2) is 4.79 Å². The molecular formula is C21H35NO3. The number of piperidine rings is 1. The highest BCUT2D eigenvalue weighted by molar-refractivity contribution is 5.89. The Morgan fingerprint density at radius 3 is 2.68 bits per heavy atom. The summed E-state index contributed by atoms with van der Waals surface area (Å²) < 4.78 is 5.63. The van der Waals surface area contributed by atoms with Crippen LogP contribution in [0.5, 0.6) is 0 Å². The molecule has 2 aliphatic heterocycles. The minimum atomic E-state index is -0.449. The number of nitrogens with zero attached hydrogens (tertiary/aromatic N) is 1. The van der Waals surface area contributed by atoms with Crippen LogP contribution >= 0.6 is 0 Å². The molecule has 142 valence electrons. The quantitative estimate of drug-likeness (QED) is 0.790. The normalized spacial score (nSPS) is 34.5. The van der Waals surface area contributed by atoms with Gasteiger partial charge in [0.2, 0.25) is 0 Å². The first kappa shape index (κ1) is 18.9. The predicted molar refractivity (Wildman–Crippen MR) is 99.2 cm³/mol. The van der Waals surface area contributed by atoms with E-state index in [1.807, 2.05) is 20.8 Å². The molecule has 1 saturated heterocycles. The lowest BCUT2D eigenvalue weighted by Crippen LogP contribution is -2.61. The van der Waals surface area contributed by atoms with Crippen LogP contribution in [-0.4, -0.2) is 46.3 Å². The van der Waals surface area contributed by atoms with Crippen LogP contribution in [0.2, 0.25) is 0 Å². The Morgan fingerprint density at radius 2 is 2.04 bits per heavy atom. The van der Waals surface area contributed by atoms with E-state index in [0.29, 0.717) is 24.4 Å². The van der Waals surface area contributed by atoms with Crippen molar-refractivity contribution in [1.29, 1.82) is 0 Å². The maximum Gasteiger partial charge on any atom is 0.335 e. The van der Waals surface area contributed by atoms with Crippen molar-refractivity contribution in [3.63, 3.8) is 0 Å². The summed E-state index contributed by atoms with van der Waals surface area (Å²) in [5, 5.41) is 9.77. The zero-order valence-corrected chi connectivity index (χ0v) is 16.4. The minimum absolute atomic E-state index is 0.156. The molecule has 0 aromatic heterocycles. The van der Waals surface area contributed by atoms with Crippen molar-refractivity contribution in [2.75, 3.05) is 13.2 Å². The number of esters is 1. The van der Waals surface area contributed by atoms with Crippen LogP contribution in [0.4, 0.5) is 0 Å². The van der Waals surface area contributed by atoms with E-state index in [4.69, 9.17) is 4.74 Å². The molecule has 0 radical (unpaired) electrons. The predicted octanol–water partition coefficient (Wildman–Crippen LogP) is 3.68. The minimum Gasteiger partial charge on any atom is -0.457 e. The van der Waals surface area contributed by atoms with E-state index in [2.05, 4.69) is 17.9 Å². The van der Waals surface area contributed by atoms with E-state index in [0.717, 1.165) is 12.0 Å². The maximum absolute atomic E-state index is 12.6. The molecule has 4 atom stereocenters. The Hall–Kier alpha value is -0.870. The Labute approximate surface area is 152 Å². The molecule has 1 spiro atoms. The molecule has 1 aliphatic carbocycles. The first-order chi connectivity index (χ1) is 11.8.